The summed E-state index contributed by atoms with van der Waals surface area (Å²) in [6.07, 6.45) is 0. The second-order valence-electron chi connectivity index (χ2n) is 6.05. The molecule has 0 fully saturated rings. The number of rotatable bonds is 5. The summed E-state index contributed by atoms with van der Waals surface area (Å²) in [6, 6.07) is 12.2. The molecule has 0 bridgehead atoms. The Balaban J connectivity index is 2.16. The number of nitrogens with one attached hydrogen (secondary N) is 1. The maximum Gasteiger partial charge on any atom is 0.203 e. The summed E-state index contributed by atoms with van der Waals surface area (Å²) in [5, 5.41) is 0. The van der Waals surface area contributed by atoms with E-state index in [2.05, 4.69) is 46.9 Å². The van der Waals surface area contributed by atoms with Crippen LogP contribution in [0.2, 0.25) is 0 Å². The topological polar surface area (TPSA) is 43.5 Å². The van der Waals surface area contributed by atoms with Crippen molar-refractivity contribution < 1.29 is 14.2 Å². The zero-order valence-corrected chi connectivity index (χ0v) is 17.2. The van der Waals surface area contributed by atoms with Crippen molar-refractivity contribution in [3.05, 3.63) is 52.0 Å². The van der Waals surface area contributed by atoms with Gasteiger partial charge in [0.05, 0.1) is 21.3 Å². The smallest absolute Gasteiger partial charge is 0.203 e. The highest BCUT2D eigenvalue weighted by molar-refractivity contribution is 9.10. The molecule has 2 aromatic carbocycles. The molecule has 1 aromatic heterocycles. The minimum Gasteiger partial charge on any atom is -0.493 e. The van der Waals surface area contributed by atoms with Crippen molar-refractivity contribution >= 4 is 15.9 Å². The summed E-state index contributed by atoms with van der Waals surface area (Å²) in [5.41, 5.74) is 6.70. The highest BCUT2D eigenvalue weighted by Crippen LogP contribution is 2.43. The van der Waals surface area contributed by atoms with Gasteiger partial charge in [-0.2, -0.15) is 0 Å². The molecule has 0 saturated carbocycles. The lowest BCUT2D eigenvalue weighted by Gasteiger charge is -2.14. The van der Waals surface area contributed by atoms with Gasteiger partial charge in [0.2, 0.25) is 5.75 Å². The molecule has 26 heavy (non-hydrogen) atoms. The van der Waals surface area contributed by atoms with Crippen LogP contribution in [0, 0.1) is 13.8 Å². The average molecular weight is 416 g/mol. The van der Waals surface area contributed by atoms with Gasteiger partial charge in [0, 0.05) is 21.4 Å². The number of H-pyrrole nitrogens is 1. The molecule has 4 nitrogen and oxygen atoms in total. The van der Waals surface area contributed by atoms with Crippen LogP contribution in [0.4, 0.5) is 0 Å². The Bertz CT molecular complexity index is 904. The first kappa shape index (κ1) is 18.4. The van der Waals surface area contributed by atoms with E-state index in [-0.39, 0.29) is 0 Å². The highest BCUT2D eigenvalue weighted by Gasteiger charge is 2.18. The lowest BCUT2D eigenvalue weighted by atomic mass is 10.0. The van der Waals surface area contributed by atoms with Crippen LogP contribution in [-0.4, -0.2) is 26.3 Å². The van der Waals surface area contributed by atoms with Crippen LogP contribution in [0.25, 0.3) is 22.5 Å². The zero-order chi connectivity index (χ0) is 18.8. The predicted molar refractivity (Wildman–Crippen MR) is 108 cm³/mol. The Kier molecular flexibility index (Phi) is 5.28. The van der Waals surface area contributed by atoms with Gasteiger partial charge in [-0.1, -0.05) is 28.1 Å². The van der Waals surface area contributed by atoms with Crippen LogP contribution >= 0.6 is 15.9 Å². The lowest BCUT2D eigenvalue weighted by Crippen LogP contribution is -1.96. The van der Waals surface area contributed by atoms with Crippen LogP contribution in [0.5, 0.6) is 17.2 Å². The van der Waals surface area contributed by atoms with Crippen molar-refractivity contribution in [2.45, 2.75) is 13.8 Å². The number of methoxy groups -OCH3 is 3. The number of hydrogen-bond donors (Lipinski definition) is 1. The molecule has 0 unspecified atom stereocenters. The maximum absolute atomic E-state index is 5.49. The molecule has 0 aliphatic carbocycles. The molecule has 3 aromatic rings. The molecule has 0 atom stereocenters. The molecule has 136 valence electrons. The first-order valence-electron chi connectivity index (χ1n) is 8.25. The van der Waals surface area contributed by atoms with E-state index in [1.54, 1.807) is 21.3 Å². The molecule has 0 aliphatic rings. The van der Waals surface area contributed by atoms with Gasteiger partial charge in [0.1, 0.15) is 0 Å². The van der Waals surface area contributed by atoms with Gasteiger partial charge in [-0.15, -0.1) is 0 Å². The number of benzene rings is 2. The highest BCUT2D eigenvalue weighted by atomic mass is 79.9. The van der Waals surface area contributed by atoms with Gasteiger partial charge in [0.25, 0.3) is 0 Å². The van der Waals surface area contributed by atoms with Gasteiger partial charge in [0.15, 0.2) is 11.5 Å². The van der Waals surface area contributed by atoms with E-state index >= 15 is 0 Å². The van der Waals surface area contributed by atoms with Crippen molar-refractivity contribution in [2.75, 3.05) is 21.3 Å². The van der Waals surface area contributed by atoms with Gasteiger partial charge in [-0.3, -0.25) is 0 Å². The molecule has 3 rings (SSSR count). The Labute approximate surface area is 162 Å². The molecular weight excluding hydrogens is 394 g/mol. The Morgan fingerprint density at radius 2 is 1.23 bits per heavy atom. The number of hydrogen-bond acceptors (Lipinski definition) is 3. The van der Waals surface area contributed by atoms with Gasteiger partial charge in [-0.05, 0) is 54.8 Å². The summed E-state index contributed by atoms with van der Waals surface area (Å²) in [6.45, 7) is 4.25. The molecule has 0 radical (unpaired) electrons. The van der Waals surface area contributed by atoms with Crippen LogP contribution in [0.15, 0.2) is 40.9 Å². The summed E-state index contributed by atoms with van der Waals surface area (Å²) >= 11 is 3.49. The monoisotopic (exact) mass is 415 g/mol. The lowest BCUT2D eigenvalue weighted by molar-refractivity contribution is 0.324. The predicted octanol–water partition coefficient (Wildman–Crippen LogP) is 5.75. The van der Waals surface area contributed by atoms with Crippen LogP contribution < -0.4 is 14.2 Å². The summed E-state index contributed by atoms with van der Waals surface area (Å²) in [7, 11) is 4.86. The van der Waals surface area contributed by atoms with Crippen molar-refractivity contribution in [2.24, 2.45) is 0 Å². The number of ether oxygens (including phenoxy) is 3. The van der Waals surface area contributed by atoms with Crippen LogP contribution in [-0.2, 0) is 0 Å². The minimum atomic E-state index is 0.591. The van der Waals surface area contributed by atoms with E-state index in [1.807, 2.05) is 24.3 Å². The summed E-state index contributed by atoms with van der Waals surface area (Å²) in [5.74, 6) is 1.87. The van der Waals surface area contributed by atoms with Crippen molar-refractivity contribution in [1.82, 2.24) is 4.98 Å². The molecule has 0 saturated heterocycles. The van der Waals surface area contributed by atoms with E-state index in [1.165, 1.54) is 11.1 Å². The third-order valence-corrected chi connectivity index (χ3v) is 5.18. The van der Waals surface area contributed by atoms with E-state index < -0.39 is 0 Å². The summed E-state index contributed by atoms with van der Waals surface area (Å²) in [4.78, 5) is 3.57. The molecule has 0 aliphatic heterocycles. The average Bonchev–Trinajstić information content (AvgIpc) is 2.96. The molecular formula is C21H22BrNO3. The molecule has 1 N–H and O–H groups in total. The number of halogens is 1. The van der Waals surface area contributed by atoms with Crippen molar-refractivity contribution in [3.8, 4) is 39.8 Å². The Morgan fingerprint density at radius 3 is 1.69 bits per heavy atom. The minimum absolute atomic E-state index is 0.591. The van der Waals surface area contributed by atoms with Crippen LogP contribution in [0.3, 0.4) is 0 Å². The largest absolute Gasteiger partial charge is 0.493 e. The molecule has 5 heteroatoms. The van der Waals surface area contributed by atoms with Crippen LogP contribution in [0.1, 0.15) is 11.1 Å². The third-order valence-electron chi connectivity index (χ3n) is 4.65. The number of aromatic nitrogens is 1. The normalized spacial score (nSPS) is 10.7. The SMILES string of the molecule is COc1cc(-c2[nH]c(-c3ccc(Br)cc3)c(C)c2C)cc(OC)c1OC. The molecule has 1 heterocycles. The Hall–Kier alpha value is -2.40. The second kappa shape index (κ2) is 7.46. The van der Waals surface area contributed by atoms with Gasteiger partial charge in [-0.25, -0.2) is 0 Å². The summed E-state index contributed by atoms with van der Waals surface area (Å²) < 4.78 is 17.5. The zero-order valence-electron chi connectivity index (χ0n) is 15.6. The third kappa shape index (κ3) is 3.19. The maximum atomic E-state index is 5.49. The fourth-order valence-electron chi connectivity index (χ4n) is 3.11. The van der Waals surface area contributed by atoms with E-state index in [9.17, 15) is 0 Å². The second-order valence-corrected chi connectivity index (χ2v) is 6.96. The molecule has 0 spiro atoms. The first-order valence-corrected chi connectivity index (χ1v) is 9.05. The van der Waals surface area contributed by atoms with Crippen molar-refractivity contribution in [3.63, 3.8) is 0 Å². The van der Waals surface area contributed by atoms with Gasteiger partial charge < -0.3 is 19.2 Å². The number of aromatic amines is 1. The fourth-order valence-corrected chi connectivity index (χ4v) is 3.37. The fraction of sp³-hybridized carbons (Fsp3) is 0.238. The molecule has 0 amide bonds. The standard InChI is InChI=1S/C21H22BrNO3/c1-12-13(2)20(23-19(12)14-6-8-16(22)9-7-14)15-10-17(24-3)21(26-5)18(11-15)25-4/h6-11,23H,1-5H3. The first-order chi connectivity index (χ1) is 12.5. The van der Waals surface area contributed by atoms with Crippen molar-refractivity contribution in [1.29, 1.82) is 0 Å². The quantitative estimate of drug-likeness (QED) is 0.576. The van der Waals surface area contributed by atoms with E-state index in [0.717, 1.165) is 27.0 Å². The van der Waals surface area contributed by atoms with Gasteiger partial charge >= 0.3 is 0 Å². The van der Waals surface area contributed by atoms with E-state index in [0.29, 0.717) is 17.2 Å². The van der Waals surface area contributed by atoms with E-state index in [4.69, 9.17) is 14.2 Å². The Morgan fingerprint density at radius 1 is 0.731 bits per heavy atom.